The van der Waals surface area contributed by atoms with Crippen molar-refractivity contribution in [1.82, 2.24) is 9.80 Å². The Morgan fingerprint density at radius 2 is 1.67 bits per heavy atom. The van der Waals surface area contributed by atoms with Crippen LogP contribution in [0.4, 0.5) is 39.5 Å². The molecule has 0 amide bonds. The predicted octanol–water partition coefficient (Wildman–Crippen LogP) is 5.90. The fraction of sp³-hybridized carbons (Fsp3) is 0.538. The van der Waals surface area contributed by atoms with Crippen LogP contribution < -0.4 is 8.92 Å². The third-order valence-electron chi connectivity index (χ3n) is 7.14. The Morgan fingerprint density at radius 1 is 1.00 bits per heavy atom. The summed E-state index contributed by atoms with van der Waals surface area (Å²) in [5.41, 5.74) is -6.49. The summed E-state index contributed by atoms with van der Waals surface area (Å²) in [6.07, 6.45) is -4.60. The van der Waals surface area contributed by atoms with Crippen molar-refractivity contribution in [3.63, 3.8) is 0 Å². The second-order valence-electron chi connectivity index (χ2n) is 10.3. The molecule has 2 aliphatic rings. The smallest absolute Gasteiger partial charge is 0.489 e. The average Bonchev–Trinajstić information content (AvgIpc) is 3.29. The number of nitrogens with zero attached hydrogens (tertiary/aromatic N) is 2. The van der Waals surface area contributed by atoms with Crippen LogP contribution in [-0.2, 0) is 16.5 Å². The Morgan fingerprint density at radius 3 is 2.26 bits per heavy atom. The molecule has 1 saturated heterocycles. The molecule has 0 N–H and O–H groups in total. The molecule has 4 rings (SSSR count). The van der Waals surface area contributed by atoms with Gasteiger partial charge in [-0.05, 0) is 49.4 Å². The summed E-state index contributed by atoms with van der Waals surface area (Å²) in [6, 6.07) is 1.66. The third-order valence-corrected chi connectivity index (χ3v) is 8.12. The van der Waals surface area contributed by atoms with E-state index in [4.69, 9.17) is 4.74 Å². The SMILES string of the molecule is C[C@@H]1Cc2cc(OS(=O)(=O)C(F)(F)F)ccc2[C@@H](c2c(F)cc(O[C@H]3CCN(CCCF)C3)cc2F)N1CC(F)(F)F. The molecule has 0 aromatic heterocycles. The summed E-state index contributed by atoms with van der Waals surface area (Å²) in [5.74, 6) is -3.38. The standard InChI is InChI=1S/C26H27F9N2O4S/c1-15-9-16-10-17(41-42(38,39)26(33,34)35)3-4-20(16)24(37(15)14-25(30,31)32)23-21(28)11-19(12-22(23)29)40-18-5-8-36(13-18)7-2-6-27/h3-4,10-12,15,18,24H,2,5-9,13-14H2,1H3/t15-,18+,24+/m1/s1. The van der Waals surface area contributed by atoms with E-state index in [9.17, 15) is 39.2 Å². The van der Waals surface area contributed by atoms with Crippen molar-refractivity contribution >= 4 is 10.1 Å². The molecule has 2 aliphatic heterocycles. The summed E-state index contributed by atoms with van der Waals surface area (Å²) >= 11 is 0. The highest BCUT2D eigenvalue weighted by molar-refractivity contribution is 7.88. The molecular formula is C26H27F9N2O4S. The first-order valence-electron chi connectivity index (χ1n) is 12.9. The lowest BCUT2D eigenvalue weighted by Gasteiger charge is -2.42. The molecule has 16 heteroatoms. The first-order chi connectivity index (χ1) is 19.5. The second kappa shape index (κ2) is 12.1. The van der Waals surface area contributed by atoms with E-state index in [1.54, 1.807) is 0 Å². The normalized spacial score (nSPS) is 22.3. The van der Waals surface area contributed by atoms with Gasteiger partial charge in [-0.2, -0.15) is 34.8 Å². The van der Waals surface area contributed by atoms with E-state index in [-0.39, 0.29) is 23.3 Å². The second-order valence-corrected chi connectivity index (χ2v) is 11.8. The molecule has 42 heavy (non-hydrogen) atoms. The third kappa shape index (κ3) is 7.25. The molecular weight excluding hydrogens is 607 g/mol. The van der Waals surface area contributed by atoms with E-state index in [1.165, 1.54) is 6.92 Å². The molecule has 1 fully saturated rings. The van der Waals surface area contributed by atoms with Crippen LogP contribution >= 0.6 is 0 Å². The molecule has 2 heterocycles. The van der Waals surface area contributed by atoms with E-state index < -0.39 is 76.2 Å². The molecule has 0 unspecified atom stereocenters. The van der Waals surface area contributed by atoms with Gasteiger partial charge >= 0.3 is 21.8 Å². The number of ether oxygens (including phenoxy) is 1. The molecule has 0 spiro atoms. The maximum atomic E-state index is 15.6. The van der Waals surface area contributed by atoms with Gasteiger partial charge in [0.15, 0.2) is 0 Å². The maximum absolute atomic E-state index is 15.6. The lowest BCUT2D eigenvalue weighted by atomic mass is 9.84. The van der Waals surface area contributed by atoms with E-state index in [1.807, 2.05) is 4.90 Å². The first-order valence-corrected chi connectivity index (χ1v) is 14.3. The summed E-state index contributed by atoms with van der Waals surface area (Å²) in [6.45, 7) is 0.756. The predicted molar refractivity (Wildman–Crippen MR) is 132 cm³/mol. The van der Waals surface area contributed by atoms with Crippen molar-refractivity contribution in [2.45, 2.75) is 56.1 Å². The van der Waals surface area contributed by atoms with E-state index in [0.29, 0.717) is 32.5 Å². The highest BCUT2D eigenvalue weighted by atomic mass is 32.2. The van der Waals surface area contributed by atoms with Gasteiger partial charge in [-0.25, -0.2) is 8.78 Å². The highest BCUT2D eigenvalue weighted by Gasteiger charge is 2.49. The van der Waals surface area contributed by atoms with E-state index in [0.717, 1.165) is 35.2 Å². The number of likely N-dealkylation sites (tertiary alicyclic amines) is 1. The van der Waals surface area contributed by atoms with Crippen LogP contribution in [0.5, 0.6) is 11.5 Å². The zero-order chi connectivity index (χ0) is 31.0. The summed E-state index contributed by atoms with van der Waals surface area (Å²) in [5, 5.41) is 0. The molecule has 0 bridgehead atoms. The van der Waals surface area contributed by atoms with Gasteiger partial charge in [-0.15, -0.1) is 0 Å². The van der Waals surface area contributed by atoms with Gasteiger partial charge in [0, 0.05) is 43.4 Å². The van der Waals surface area contributed by atoms with E-state index >= 15 is 8.78 Å². The number of hydrogen-bond acceptors (Lipinski definition) is 6. The Kier molecular flexibility index (Phi) is 9.28. The van der Waals surface area contributed by atoms with Crippen LogP contribution in [0.25, 0.3) is 0 Å². The van der Waals surface area contributed by atoms with Crippen molar-refractivity contribution in [2.24, 2.45) is 0 Å². The lowest BCUT2D eigenvalue weighted by Crippen LogP contribution is -2.47. The Labute approximate surface area is 236 Å². The molecule has 234 valence electrons. The number of alkyl halides is 7. The van der Waals surface area contributed by atoms with Crippen molar-refractivity contribution in [3.05, 3.63) is 58.7 Å². The minimum Gasteiger partial charge on any atom is -0.489 e. The quantitative estimate of drug-likeness (QED) is 0.195. The van der Waals surface area contributed by atoms with Gasteiger partial charge < -0.3 is 8.92 Å². The van der Waals surface area contributed by atoms with Crippen molar-refractivity contribution < 1.29 is 56.9 Å². The van der Waals surface area contributed by atoms with Crippen LogP contribution in [0.15, 0.2) is 30.3 Å². The lowest BCUT2D eigenvalue weighted by molar-refractivity contribution is -0.155. The molecule has 6 nitrogen and oxygen atoms in total. The Bertz CT molecular complexity index is 1360. The van der Waals surface area contributed by atoms with Crippen molar-refractivity contribution in [1.29, 1.82) is 0 Å². The largest absolute Gasteiger partial charge is 0.534 e. The van der Waals surface area contributed by atoms with Crippen LogP contribution in [0.1, 0.15) is 42.5 Å². The molecule has 0 radical (unpaired) electrons. The number of halogens is 9. The van der Waals surface area contributed by atoms with Crippen LogP contribution in [0.2, 0.25) is 0 Å². The maximum Gasteiger partial charge on any atom is 0.534 e. The fourth-order valence-corrected chi connectivity index (χ4v) is 5.81. The van der Waals surface area contributed by atoms with Gasteiger partial charge in [0.1, 0.15) is 29.2 Å². The molecule has 2 aromatic carbocycles. The number of benzene rings is 2. The van der Waals surface area contributed by atoms with Gasteiger partial charge in [0.05, 0.1) is 19.3 Å². The van der Waals surface area contributed by atoms with Gasteiger partial charge in [0.25, 0.3) is 0 Å². The average molecular weight is 635 g/mol. The zero-order valence-corrected chi connectivity index (χ0v) is 22.9. The highest BCUT2D eigenvalue weighted by Crippen LogP contribution is 2.43. The van der Waals surface area contributed by atoms with Gasteiger partial charge in [-0.3, -0.25) is 14.2 Å². The Balaban J connectivity index is 1.69. The molecule has 0 saturated carbocycles. The van der Waals surface area contributed by atoms with Gasteiger partial charge in [0.2, 0.25) is 0 Å². The number of fused-ring (bicyclic) bond motifs is 1. The summed E-state index contributed by atoms with van der Waals surface area (Å²) < 4.78 is 155. The molecule has 2 aromatic rings. The van der Waals surface area contributed by atoms with Crippen molar-refractivity contribution in [2.75, 3.05) is 32.9 Å². The van der Waals surface area contributed by atoms with Gasteiger partial charge in [-0.1, -0.05) is 6.07 Å². The van der Waals surface area contributed by atoms with E-state index in [2.05, 4.69) is 4.18 Å². The van der Waals surface area contributed by atoms with Crippen molar-refractivity contribution in [3.8, 4) is 11.5 Å². The topological polar surface area (TPSA) is 59.1 Å². The zero-order valence-electron chi connectivity index (χ0n) is 22.1. The Hall–Kier alpha value is -2.72. The summed E-state index contributed by atoms with van der Waals surface area (Å²) in [4.78, 5) is 2.75. The fourth-order valence-electron chi connectivity index (χ4n) is 5.36. The van der Waals surface area contributed by atoms with Crippen LogP contribution in [-0.4, -0.2) is 74.9 Å². The van der Waals surface area contributed by atoms with Crippen LogP contribution in [0, 0.1) is 11.6 Å². The minimum atomic E-state index is -6.04. The number of rotatable bonds is 9. The minimum absolute atomic E-state index is 0.0549. The molecule has 3 atom stereocenters. The summed E-state index contributed by atoms with van der Waals surface area (Å²) in [7, 11) is -6.04. The monoisotopic (exact) mass is 634 g/mol. The number of hydrogen-bond donors (Lipinski definition) is 0. The molecule has 0 aliphatic carbocycles. The van der Waals surface area contributed by atoms with Crippen LogP contribution in [0.3, 0.4) is 0 Å². The first kappa shape index (κ1) is 32.2.